The van der Waals surface area contributed by atoms with E-state index in [1.165, 1.54) is 0 Å². The molecule has 0 aromatic carbocycles. The molecule has 0 aromatic heterocycles. The molecule has 0 aliphatic carbocycles. The summed E-state index contributed by atoms with van der Waals surface area (Å²) in [6.07, 6.45) is -1.97. The molecule has 0 bridgehead atoms. The first-order chi connectivity index (χ1) is 10.2. The third kappa shape index (κ3) is 12.2. The lowest BCUT2D eigenvalue weighted by Gasteiger charge is -2.15. The third-order valence-corrected chi connectivity index (χ3v) is 2.20. The Morgan fingerprint density at radius 1 is 0.682 bits per heavy atom. The van der Waals surface area contributed by atoms with E-state index in [4.69, 9.17) is 19.2 Å². The van der Waals surface area contributed by atoms with E-state index in [0.717, 1.165) is 0 Å². The molecule has 0 aliphatic heterocycles. The lowest BCUT2D eigenvalue weighted by Crippen LogP contribution is -2.20. The number of ether oxygens (including phenoxy) is 2. The fraction of sp³-hybridized carbons (Fsp3) is 0.857. The van der Waals surface area contributed by atoms with Crippen LogP contribution in [0, 0.1) is 0 Å². The molecule has 130 valence electrons. The van der Waals surface area contributed by atoms with Gasteiger partial charge in [0.1, 0.15) is 12.2 Å². The van der Waals surface area contributed by atoms with E-state index in [2.05, 4.69) is 9.78 Å². The van der Waals surface area contributed by atoms with Gasteiger partial charge in [-0.25, -0.2) is 9.59 Å². The number of hydrogen-bond donors (Lipinski definition) is 0. The van der Waals surface area contributed by atoms with Crippen LogP contribution in [0.4, 0.5) is 9.59 Å². The van der Waals surface area contributed by atoms with E-state index in [9.17, 15) is 9.59 Å². The molecule has 0 amide bonds. The monoisotopic (exact) mass is 322 g/mol. The molecule has 0 saturated heterocycles. The van der Waals surface area contributed by atoms with E-state index >= 15 is 0 Å². The van der Waals surface area contributed by atoms with Crippen LogP contribution < -0.4 is 0 Å². The lowest BCUT2D eigenvalue weighted by molar-refractivity contribution is -0.297. The van der Waals surface area contributed by atoms with Crippen LogP contribution in [0.25, 0.3) is 0 Å². The number of carbonyl (C=O) groups is 2. The largest absolute Gasteiger partial charge is 0.540 e. The van der Waals surface area contributed by atoms with Crippen LogP contribution in [0.15, 0.2) is 0 Å². The quantitative estimate of drug-likeness (QED) is 0.362. The minimum absolute atomic E-state index is 0.275. The molecule has 0 saturated carbocycles. The van der Waals surface area contributed by atoms with Crippen molar-refractivity contribution in [1.82, 2.24) is 0 Å². The summed E-state index contributed by atoms with van der Waals surface area (Å²) in [5.41, 5.74) is 0. The molecular formula is C14H26O8. The summed E-state index contributed by atoms with van der Waals surface area (Å²) in [5, 5.41) is 0. The Hall–Kier alpha value is -1.54. The van der Waals surface area contributed by atoms with E-state index in [1.54, 1.807) is 41.5 Å². The maximum atomic E-state index is 11.1. The smallest absolute Gasteiger partial charge is 0.430 e. The van der Waals surface area contributed by atoms with Gasteiger partial charge in [-0.2, -0.15) is 9.78 Å². The topological polar surface area (TPSA) is 89.5 Å². The molecule has 0 spiro atoms. The van der Waals surface area contributed by atoms with Crippen LogP contribution in [0.1, 0.15) is 54.4 Å². The summed E-state index contributed by atoms with van der Waals surface area (Å²) in [6.45, 7) is 10.3. The second-order valence-electron chi connectivity index (χ2n) is 5.39. The molecule has 0 aromatic rings. The standard InChI is InChI=1S/C14H26O8/c1-9(2)17-13(15)21-19-11(5)7-8-12(6)20-22-14(16)18-10(3)4/h9-12H,7-8H2,1-6H3. The number of rotatable bonds is 9. The summed E-state index contributed by atoms with van der Waals surface area (Å²) >= 11 is 0. The molecule has 2 unspecified atom stereocenters. The zero-order valence-corrected chi connectivity index (χ0v) is 14.0. The molecule has 0 rings (SSSR count). The van der Waals surface area contributed by atoms with Crippen molar-refractivity contribution in [2.24, 2.45) is 0 Å². The van der Waals surface area contributed by atoms with Crippen molar-refractivity contribution >= 4 is 12.3 Å². The van der Waals surface area contributed by atoms with Crippen molar-refractivity contribution in [1.29, 1.82) is 0 Å². The fourth-order valence-electron chi connectivity index (χ4n) is 1.23. The van der Waals surface area contributed by atoms with Gasteiger partial charge in [-0.3, -0.25) is 9.78 Å². The average molecular weight is 322 g/mol. The number of hydrogen-bond acceptors (Lipinski definition) is 8. The molecule has 0 fully saturated rings. The lowest BCUT2D eigenvalue weighted by atomic mass is 10.1. The van der Waals surface area contributed by atoms with Crippen LogP contribution in [-0.2, 0) is 29.0 Å². The molecule has 8 nitrogen and oxygen atoms in total. The number of carbonyl (C=O) groups excluding carboxylic acids is 2. The summed E-state index contributed by atoms with van der Waals surface area (Å²) in [7, 11) is 0. The highest BCUT2D eigenvalue weighted by molar-refractivity contribution is 5.59. The second kappa shape index (κ2) is 11.1. The van der Waals surface area contributed by atoms with Crippen LogP contribution in [-0.4, -0.2) is 36.7 Å². The minimum Gasteiger partial charge on any atom is -0.430 e. The van der Waals surface area contributed by atoms with Crippen LogP contribution in [0.2, 0.25) is 0 Å². The minimum atomic E-state index is -0.883. The van der Waals surface area contributed by atoms with Gasteiger partial charge >= 0.3 is 12.3 Å². The van der Waals surface area contributed by atoms with Gasteiger partial charge < -0.3 is 9.47 Å². The van der Waals surface area contributed by atoms with E-state index < -0.39 is 12.3 Å². The molecule has 22 heavy (non-hydrogen) atoms. The molecule has 0 heterocycles. The maximum absolute atomic E-state index is 11.1. The molecular weight excluding hydrogens is 296 g/mol. The normalized spacial score (nSPS) is 13.6. The van der Waals surface area contributed by atoms with Gasteiger partial charge in [0, 0.05) is 0 Å². The highest BCUT2D eigenvalue weighted by Crippen LogP contribution is 2.09. The van der Waals surface area contributed by atoms with Gasteiger partial charge in [-0.05, 0) is 54.4 Å². The SMILES string of the molecule is CC(C)OC(=O)OOC(C)CCC(C)OOC(=O)OC(C)C. The van der Waals surface area contributed by atoms with Gasteiger partial charge in [-0.15, -0.1) is 0 Å². The fourth-order valence-corrected chi connectivity index (χ4v) is 1.23. The van der Waals surface area contributed by atoms with Crippen LogP contribution in [0.5, 0.6) is 0 Å². The van der Waals surface area contributed by atoms with E-state index in [0.29, 0.717) is 12.8 Å². The van der Waals surface area contributed by atoms with Crippen molar-refractivity contribution in [3.8, 4) is 0 Å². The Balaban J connectivity index is 3.74. The third-order valence-electron chi connectivity index (χ3n) is 2.20. The maximum Gasteiger partial charge on any atom is 0.540 e. The van der Waals surface area contributed by atoms with E-state index in [-0.39, 0.29) is 24.4 Å². The van der Waals surface area contributed by atoms with Crippen LogP contribution in [0.3, 0.4) is 0 Å². The van der Waals surface area contributed by atoms with Crippen molar-refractivity contribution < 1.29 is 38.6 Å². The molecule has 0 aliphatic rings. The highest BCUT2D eigenvalue weighted by atomic mass is 17.2. The first-order valence-corrected chi connectivity index (χ1v) is 7.28. The molecule has 8 heteroatoms. The predicted octanol–water partition coefficient (Wildman–Crippen LogP) is 3.53. The van der Waals surface area contributed by atoms with Gasteiger partial charge in [0.2, 0.25) is 0 Å². The first-order valence-electron chi connectivity index (χ1n) is 7.28. The summed E-state index contributed by atoms with van der Waals surface area (Å²) in [6, 6.07) is 0. The Labute approximate surface area is 130 Å². The van der Waals surface area contributed by atoms with E-state index in [1.807, 2.05) is 0 Å². The first kappa shape index (κ1) is 20.5. The zero-order chi connectivity index (χ0) is 17.1. The Bertz CT molecular complexity index is 297. The highest BCUT2D eigenvalue weighted by Gasteiger charge is 2.15. The molecule has 0 radical (unpaired) electrons. The average Bonchev–Trinajstić information content (AvgIpc) is 2.39. The second-order valence-corrected chi connectivity index (χ2v) is 5.39. The predicted molar refractivity (Wildman–Crippen MR) is 75.7 cm³/mol. The summed E-state index contributed by atoms with van der Waals surface area (Å²) < 4.78 is 9.48. The van der Waals surface area contributed by atoms with Crippen molar-refractivity contribution in [2.75, 3.05) is 0 Å². The molecule has 0 N–H and O–H groups in total. The van der Waals surface area contributed by atoms with Gasteiger partial charge in [0.25, 0.3) is 0 Å². The van der Waals surface area contributed by atoms with Gasteiger partial charge in [-0.1, -0.05) is 0 Å². The van der Waals surface area contributed by atoms with Crippen molar-refractivity contribution in [3.05, 3.63) is 0 Å². The van der Waals surface area contributed by atoms with Crippen LogP contribution >= 0.6 is 0 Å². The summed E-state index contributed by atoms with van der Waals surface area (Å²) in [5.74, 6) is 0. The molecule has 2 atom stereocenters. The van der Waals surface area contributed by atoms with Gasteiger partial charge in [0.05, 0.1) is 12.2 Å². The van der Waals surface area contributed by atoms with Crippen molar-refractivity contribution in [2.45, 2.75) is 78.8 Å². The van der Waals surface area contributed by atoms with Crippen molar-refractivity contribution in [3.63, 3.8) is 0 Å². The Kier molecular flexibility index (Phi) is 10.3. The zero-order valence-electron chi connectivity index (χ0n) is 14.0. The van der Waals surface area contributed by atoms with Gasteiger partial charge in [0.15, 0.2) is 0 Å². The Morgan fingerprint density at radius 2 is 1.00 bits per heavy atom. The summed E-state index contributed by atoms with van der Waals surface area (Å²) in [4.78, 5) is 40.9. The Morgan fingerprint density at radius 3 is 1.27 bits per heavy atom.